The predicted octanol–water partition coefficient (Wildman–Crippen LogP) is 1.60. The number of phenolic OH excluding ortho intramolecular Hbond substituents is 1. The molecule has 5 unspecified atom stereocenters. The van der Waals surface area contributed by atoms with E-state index in [-0.39, 0.29) is 35.2 Å². The lowest BCUT2D eigenvalue weighted by Gasteiger charge is -2.71. The van der Waals surface area contributed by atoms with Crippen LogP contribution in [0.1, 0.15) is 24.0 Å². The molecular weight excluding hydrogens is 330 g/mol. The van der Waals surface area contributed by atoms with E-state index in [1.54, 1.807) is 13.2 Å². The van der Waals surface area contributed by atoms with Gasteiger partial charge in [-0.15, -0.1) is 0 Å². The smallest absolute Gasteiger partial charge is 0.165 e. The van der Waals surface area contributed by atoms with Crippen molar-refractivity contribution in [1.82, 2.24) is 4.90 Å². The normalized spacial score (nSPS) is 47.0. The highest BCUT2D eigenvalue weighted by Gasteiger charge is 2.78. The number of aromatic hydroxyl groups is 1. The highest BCUT2D eigenvalue weighted by molar-refractivity contribution is 5.65. The molecule has 2 N–H and O–H groups in total. The summed E-state index contributed by atoms with van der Waals surface area (Å²) >= 11 is 0. The maximum absolute atomic E-state index is 10.6. The minimum Gasteiger partial charge on any atom is -0.504 e. The van der Waals surface area contributed by atoms with E-state index >= 15 is 0 Å². The number of fused-ring (bicyclic) bond motifs is 1. The lowest BCUT2D eigenvalue weighted by molar-refractivity contribution is -0.219. The molecule has 26 heavy (non-hydrogen) atoms. The van der Waals surface area contributed by atoms with Gasteiger partial charge in [0.15, 0.2) is 11.5 Å². The summed E-state index contributed by atoms with van der Waals surface area (Å²) in [6.45, 7) is 1.10. The van der Waals surface area contributed by atoms with Crippen molar-refractivity contribution in [1.29, 1.82) is 0 Å². The zero-order valence-corrected chi connectivity index (χ0v) is 15.2. The van der Waals surface area contributed by atoms with E-state index in [1.807, 2.05) is 0 Å². The Kier molecular flexibility index (Phi) is 2.66. The lowest BCUT2D eigenvalue weighted by atomic mass is 9.37. The van der Waals surface area contributed by atoms with Gasteiger partial charge in [-0.1, -0.05) is 18.2 Å². The highest BCUT2D eigenvalue weighted by atomic mass is 16.6. The van der Waals surface area contributed by atoms with Gasteiger partial charge in [0.05, 0.1) is 5.41 Å². The van der Waals surface area contributed by atoms with Crippen LogP contribution in [0.3, 0.4) is 0 Å². The molecule has 7 rings (SSSR count). The van der Waals surface area contributed by atoms with Gasteiger partial charge in [0.25, 0.3) is 0 Å². The van der Waals surface area contributed by atoms with Crippen molar-refractivity contribution in [2.24, 2.45) is 11.3 Å². The number of benzene rings is 1. The second-order valence-corrected chi connectivity index (χ2v) is 8.88. The summed E-state index contributed by atoms with van der Waals surface area (Å²) in [7, 11) is 3.95. The van der Waals surface area contributed by atoms with Crippen LogP contribution in [0.2, 0.25) is 0 Å². The molecule has 138 valence electrons. The summed E-state index contributed by atoms with van der Waals surface area (Å²) < 4.78 is 12.7. The minimum atomic E-state index is -0.642. The molecule has 2 spiro atoms. The Balaban J connectivity index is 1.73. The number of aliphatic hydroxyl groups is 1. The number of nitrogens with zero attached hydrogens (tertiary/aromatic N) is 1. The van der Waals surface area contributed by atoms with E-state index in [0.717, 1.165) is 25.8 Å². The van der Waals surface area contributed by atoms with Crippen LogP contribution in [0.4, 0.5) is 0 Å². The fraction of sp³-hybridized carbons (Fsp3) is 0.619. The summed E-state index contributed by atoms with van der Waals surface area (Å²) in [5.41, 5.74) is 1.62. The molecule has 0 amide bonds. The van der Waals surface area contributed by atoms with E-state index in [4.69, 9.17) is 9.47 Å². The van der Waals surface area contributed by atoms with Crippen LogP contribution in [-0.2, 0) is 16.6 Å². The number of methoxy groups -OCH3 is 1. The first kappa shape index (κ1) is 15.5. The molecule has 2 heterocycles. The standard InChI is InChI=1S/C21H25NO4/c1-22-8-7-20-16-12-3-4-14(24)17(16)26-18(20)21(25-2)6-5-19(20,15(22)9-12)10-13(21)11-23/h3-6,13,15,18,23-24H,7-11H2,1-2H3/t13?,15?,18?,19?,20-,21?/m0/s1. The highest BCUT2D eigenvalue weighted by Crippen LogP contribution is 2.74. The average Bonchev–Trinajstić information content (AvgIpc) is 3.03. The Hall–Kier alpha value is -1.56. The van der Waals surface area contributed by atoms with Crippen molar-refractivity contribution >= 4 is 0 Å². The first-order valence-corrected chi connectivity index (χ1v) is 9.63. The van der Waals surface area contributed by atoms with Crippen molar-refractivity contribution in [2.45, 2.75) is 42.4 Å². The molecule has 2 fully saturated rings. The van der Waals surface area contributed by atoms with E-state index in [9.17, 15) is 10.2 Å². The third-order valence-electron chi connectivity index (χ3n) is 8.43. The molecule has 1 aromatic rings. The number of aliphatic hydroxyl groups excluding tert-OH is 1. The van der Waals surface area contributed by atoms with Crippen LogP contribution in [-0.4, -0.2) is 60.2 Å². The van der Waals surface area contributed by atoms with Gasteiger partial charge in [0.2, 0.25) is 0 Å². The van der Waals surface area contributed by atoms with Gasteiger partial charge in [-0.05, 0) is 44.5 Å². The zero-order chi connectivity index (χ0) is 17.9. The van der Waals surface area contributed by atoms with Crippen molar-refractivity contribution in [3.63, 3.8) is 0 Å². The topological polar surface area (TPSA) is 62.2 Å². The molecule has 0 aromatic heterocycles. The first-order valence-electron chi connectivity index (χ1n) is 9.63. The van der Waals surface area contributed by atoms with Gasteiger partial charge in [0.1, 0.15) is 11.7 Å². The molecule has 4 bridgehead atoms. The number of phenols is 1. The Bertz CT molecular complexity index is 853. The van der Waals surface area contributed by atoms with E-state index in [1.165, 1.54) is 11.1 Å². The third-order valence-corrected chi connectivity index (χ3v) is 8.43. The van der Waals surface area contributed by atoms with Gasteiger partial charge in [-0.2, -0.15) is 0 Å². The van der Waals surface area contributed by atoms with Gasteiger partial charge >= 0.3 is 0 Å². The quantitative estimate of drug-likeness (QED) is 0.789. The van der Waals surface area contributed by atoms with E-state index in [2.05, 4.69) is 30.2 Å². The van der Waals surface area contributed by atoms with Crippen molar-refractivity contribution in [2.75, 3.05) is 27.3 Å². The van der Waals surface area contributed by atoms with Crippen molar-refractivity contribution in [3.05, 3.63) is 35.4 Å². The van der Waals surface area contributed by atoms with Crippen molar-refractivity contribution < 1.29 is 19.7 Å². The second kappa shape index (κ2) is 4.46. The number of ether oxygens (including phenoxy) is 2. The first-order chi connectivity index (χ1) is 12.5. The average molecular weight is 355 g/mol. The molecule has 2 aliphatic heterocycles. The maximum atomic E-state index is 10.6. The van der Waals surface area contributed by atoms with Crippen LogP contribution in [0.25, 0.3) is 0 Å². The molecular formula is C21H25NO4. The van der Waals surface area contributed by atoms with Crippen LogP contribution >= 0.6 is 0 Å². The lowest BCUT2D eigenvalue weighted by Crippen LogP contribution is -2.79. The van der Waals surface area contributed by atoms with E-state index < -0.39 is 5.60 Å². The number of rotatable bonds is 2. The van der Waals surface area contributed by atoms with E-state index in [0.29, 0.717) is 11.8 Å². The molecule has 0 radical (unpaired) electrons. The number of likely N-dealkylation sites (tertiary alicyclic amines) is 1. The Morgan fingerprint density at radius 3 is 2.96 bits per heavy atom. The maximum Gasteiger partial charge on any atom is 0.165 e. The van der Waals surface area contributed by atoms with Crippen LogP contribution in [0, 0.1) is 11.3 Å². The molecule has 5 heteroatoms. The van der Waals surface area contributed by atoms with Gasteiger partial charge in [-0.25, -0.2) is 0 Å². The molecule has 1 aromatic carbocycles. The number of likely N-dealkylation sites (N-methyl/N-ethyl adjacent to an activating group) is 1. The molecule has 6 atom stereocenters. The Morgan fingerprint density at radius 2 is 2.19 bits per heavy atom. The fourth-order valence-electron chi connectivity index (χ4n) is 7.41. The summed E-state index contributed by atoms with van der Waals surface area (Å²) in [6, 6.07) is 4.23. The molecule has 4 aliphatic carbocycles. The molecule has 5 nitrogen and oxygen atoms in total. The SMILES string of the molecule is COC12C=CC3(CC1CO)C1Cc4ccc(O)c5c4[C@@]3(CCN1C)C2O5. The Labute approximate surface area is 153 Å². The number of piperidine rings is 1. The van der Waals surface area contributed by atoms with Gasteiger partial charge in [-0.3, -0.25) is 0 Å². The Morgan fingerprint density at radius 1 is 1.35 bits per heavy atom. The molecule has 6 aliphatic rings. The van der Waals surface area contributed by atoms with Crippen LogP contribution in [0.5, 0.6) is 11.5 Å². The van der Waals surface area contributed by atoms with Gasteiger partial charge < -0.3 is 24.6 Å². The molecule has 1 saturated heterocycles. The summed E-state index contributed by atoms with van der Waals surface area (Å²) in [5.74, 6) is 0.887. The second-order valence-electron chi connectivity index (χ2n) is 8.88. The van der Waals surface area contributed by atoms with Crippen LogP contribution in [0.15, 0.2) is 24.3 Å². The van der Waals surface area contributed by atoms with Crippen molar-refractivity contribution in [3.8, 4) is 11.5 Å². The number of hydrogen-bond acceptors (Lipinski definition) is 5. The van der Waals surface area contributed by atoms with Crippen LogP contribution < -0.4 is 4.74 Å². The fourth-order valence-corrected chi connectivity index (χ4v) is 7.41. The summed E-state index contributed by atoms with van der Waals surface area (Å²) in [5, 5.41) is 20.8. The minimum absolute atomic E-state index is 0.00244. The summed E-state index contributed by atoms with van der Waals surface area (Å²) in [6.07, 6.45) is 7.19. The summed E-state index contributed by atoms with van der Waals surface area (Å²) in [4.78, 5) is 2.49. The zero-order valence-electron chi connectivity index (χ0n) is 15.2. The third kappa shape index (κ3) is 1.29. The largest absolute Gasteiger partial charge is 0.504 e. The molecule has 1 saturated carbocycles. The monoisotopic (exact) mass is 355 g/mol. The van der Waals surface area contributed by atoms with Gasteiger partial charge in [0, 0.05) is 36.7 Å². The predicted molar refractivity (Wildman–Crippen MR) is 95.4 cm³/mol. The number of hydrogen-bond donors (Lipinski definition) is 2.